The lowest BCUT2D eigenvalue weighted by Gasteiger charge is -1.89. The summed E-state index contributed by atoms with van der Waals surface area (Å²) in [7, 11) is 0. The zero-order valence-electron chi connectivity index (χ0n) is 4.92. The van der Waals surface area contributed by atoms with Crippen LogP contribution in [0.15, 0.2) is 0 Å². The molecule has 0 N–H and O–H groups in total. The SMILES string of the molecule is CC#CC1COS(=O)O1. The molecule has 50 valence electrons. The van der Waals surface area contributed by atoms with E-state index in [-0.39, 0.29) is 6.10 Å². The third-order valence-electron chi connectivity index (χ3n) is 0.816. The highest BCUT2D eigenvalue weighted by Crippen LogP contribution is 2.06. The number of hydrogen-bond acceptors (Lipinski definition) is 3. The molecule has 0 aliphatic carbocycles. The molecule has 2 atom stereocenters. The van der Waals surface area contributed by atoms with Gasteiger partial charge in [-0.1, -0.05) is 5.92 Å². The highest BCUT2D eigenvalue weighted by molar-refractivity contribution is 7.75. The van der Waals surface area contributed by atoms with E-state index in [0.717, 1.165) is 0 Å². The Labute approximate surface area is 56.2 Å². The zero-order valence-corrected chi connectivity index (χ0v) is 5.73. The van der Waals surface area contributed by atoms with Gasteiger partial charge in [-0.05, 0) is 6.92 Å². The van der Waals surface area contributed by atoms with E-state index < -0.39 is 11.4 Å². The Kier molecular flexibility index (Phi) is 2.22. The predicted molar refractivity (Wildman–Crippen MR) is 32.4 cm³/mol. The summed E-state index contributed by atoms with van der Waals surface area (Å²) >= 11 is -1.56. The van der Waals surface area contributed by atoms with Gasteiger partial charge in [0.25, 0.3) is 0 Å². The first-order chi connectivity index (χ1) is 4.33. The second kappa shape index (κ2) is 2.97. The van der Waals surface area contributed by atoms with E-state index in [1.165, 1.54) is 0 Å². The van der Waals surface area contributed by atoms with E-state index in [0.29, 0.717) is 6.61 Å². The molecule has 0 amide bonds. The van der Waals surface area contributed by atoms with Gasteiger partial charge >= 0.3 is 11.4 Å². The quantitative estimate of drug-likeness (QED) is 0.451. The van der Waals surface area contributed by atoms with Gasteiger partial charge in [-0.25, -0.2) is 4.18 Å². The van der Waals surface area contributed by atoms with E-state index in [9.17, 15) is 4.21 Å². The van der Waals surface area contributed by atoms with Gasteiger partial charge in [-0.15, -0.1) is 5.92 Å². The van der Waals surface area contributed by atoms with E-state index in [2.05, 4.69) is 20.2 Å². The Hall–Kier alpha value is -0.370. The van der Waals surface area contributed by atoms with Crippen molar-refractivity contribution < 1.29 is 12.6 Å². The Morgan fingerprint density at radius 2 is 2.56 bits per heavy atom. The van der Waals surface area contributed by atoms with Gasteiger partial charge in [0.2, 0.25) is 0 Å². The molecule has 2 unspecified atom stereocenters. The van der Waals surface area contributed by atoms with Crippen LogP contribution in [0.4, 0.5) is 0 Å². The first-order valence-electron chi connectivity index (χ1n) is 2.47. The highest BCUT2D eigenvalue weighted by Gasteiger charge is 2.20. The monoisotopic (exact) mass is 146 g/mol. The van der Waals surface area contributed by atoms with Crippen LogP contribution in [0.1, 0.15) is 6.92 Å². The molecule has 9 heavy (non-hydrogen) atoms. The molecule has 3 nitrogen and oxygen atoms in total. The fourth-order valence-corrected chi connectivity index (χ4v) is 1.08. The van der Waals surface area contributed by atoms with Crippen molar-refractivity contribution in [3.63, 3.8) is 0 Å². The fourth-order valence-electron chi connectivity index (χ4n) is 0.494. The predicted octanol–water partition coefficient (Wildman–Crippen LogP) is 0.00380. The third-order valence-corrected chi connectivity index (χ3v) is 1.53. The van der Waals surface area contributed by atoms with E-state index in [4.69, 9.17) is 0 Å². The largest absolute Gasteiger partial charge is 0.306 e. The Balaban J connectivity index is 2.45. The molecule has 1 aliphatic heterocycles. The molecule has 0 bridgehead atoms. The molecule has 1 saturated heterocycles. The summed E-state index contributed by atoms with van der Waals surface area (Å²) in [6.07, 6.45) is -0.296. The van der Waals surface area contributed by atoms with Crippen LogP contribution in [-0.4, -0.2) is 16.9 Å². The van der Waals surface area contributed by atoms with Crippen molar-refractivity contribution in [1.29, 1.82) is 0 Å². The number of rotatable bonds is 0. The van der Waals surface area contributed by atoms with Crippen LogP contribution < -0.4 is 0 Å². The molecule has 1 fully saturated rings. The Morgan fingerprint density at radius 3 is 3.00 bits per heavy atom. The van der Waals surface area contributed by atoms with Gasteiger partial charge in [-0.2, -0.15) is 4.21 Å². The highest BCUT2D eigenvalue weighted by atomic mass is 32.2. The summed E-state index contributed by atoms with van der Waals surface area (Å²) in [5.74, 6) is 5.33. The molecule has 1 heterocycles. The first kappa shape index (κ1) is 6.75. The Morgan fingerprint density at radius 1 is 1.78 bits per heavy atom. The van der Waals surface area contributed by atoms with Crippen molar-refractivity contribution >= 4 is 11.4 Å². The minimum absolute atomic E-state index is 0.296. The molecular weight excluding hydrogens is 140 g/mol. The summed E-state index contributed by atoms with van der Waals surface area (Å²) in [6, 6.07) is 0. The van der Waals surface area contributed by atoms with Gasteiger partial charge < -0.3 is 0 Å². The summed E-state index contributed by atoms with van der Waals surface area (Å²) < 4.78 is 19.6. The molecule has 0 spiro atoms. The summed E-state index contributed by atoms with van der Waals surface area (Å²) in [5.41, 5.74) is 0. The topological polar surface area (TPSA) is 35.5 Å². The minimum atomic E-state index is -1.56. The van der Waals surface area contributed by atoms with E-state index >= 15 is 0 Å². The van der Waals surface area contributed by atoms with Crippen LogP contribution in [0.25, 0.3) is 0 Å². The standard InChI is InChI=1S/C5H6O3S/c1-2-3-5-4-7-9(6)8-5/h5H,4H2,1H3. The lowest BCUT2D eigenvalue weighted by atomic mass is 10.4. The number of hydrogen-bond donors (Lipinski definition) is 0. The van der Waals surface area contributed by atoms with Crippen molar-refractivity contribution in [3.8, 4) is 11.8 Å². The molecule has 1 rings (SSSR count). The van der Waals surface area contributed by atoms with Gasteiger partial charge in [-0.3, -0.25) is 4.18 Å². The lowest BCUT2D eigenvalue weighted by Crippen LogP contribution is -2.04. The van der Waals surface area contributed by atoms with Gasteiger partial charge in [0, 0.05) is 0 Å². The maximum Gasteiger partial charge on any atom is 0.306 e. The normalized spacial score (nSPS) is 33.4. The summed E-state index contributed by atoms with van der Waals surface area (Å²) in [6.45, 7) is 2.01. The maximum atomic E-state index is 10.3. The second-order valence-corrected chi connectivity index (χ2v) is 2.30. The molecular formula is C5H6O3S. The van der Waals surface area contributed by atoms with Crippen molar-refractivity contribution in [2.45, 2.75) is 13.0 Å². The van der Waals surface area contributed by atoms with Crippen LogP contribution in [0.3, 0.4) is 0 Å². The minimum Gasteiger partial charge on any atom is -0.265 e. The molecule has 0 radical (unpaired) electrons. The maximum absolute atomic E-state index is 10.3. The third kappa shape index (κ3) is 1.79. The fraction of sp³-hybridized carbons (Fsp3) is 0.600. The first-order valence-corrected chi connectivity index (χ1v) is 3.47. The van der Waals surface area contributed by atoms with Gasteiger partial charge in [0.1, 0.15) is 6.61 Å². The van der Waals surface area contributed by atoms with Gasteiger partial charge in [0.15, 0.2) is 6.10 Å². The molecule has 1 aliphatic rings. The van der Waals surface area contributed by atoms with E-state index in [1.54, 1.807) is 6.92 Å². The zero-order chi connectivity index (χ0) is 6.69. The molecule has 0 aromatic rings. The summed E-state index contributed by atoms with van der Waals surface area (Å²) in [5, 5.41) is 0. The van der Waals surface area contributed by atoms with Crippen LogP contribution in [0.2, 0.25) is 0 Å². The van der Waals surface area contributed by atoms with Gasteiger partial charge in [0.05, 0.1) is 0 Å². The average molecular weight is 146 g/mol. The van der Waals surface area contributed by atoms with Crippen molar-refractivity contribution in [1.82, 2.24) is 0 Å². The lowest BCUT2D eigenvalue weighted by molar-refractivity contribution is 0.301. The van der Waals surface area contributed by atoms with Crippen molar-refractivity contribution in [3.05, 3.63) is 0 Å². The van der Waals surface area contributed by atoms with Crippen LogP contribution in [0, 0.1) is 11.8 Å². The van der Waals surface area contributed by atoms with Crippen molar-refractivity contribution in [2.24, 2.45) is 0 Å². The Bertz CT molecular complexity index is 178. The smallest absolute Gasteiger partial charge is 0.265 e. The molecule has 0 aromatic heterocycles. The van der Waals surface area contributed by atoms with Crippen molar-refractivity contribution in [2.75, 3.05) is 6.61 Å². The van der Waals surface area contributed by atoms with Crippen LogP contribution in [0.5, 0.6) is 0 Å². The summed E-state index contributed by atoms with van der Waals surface area (Å²) in [4.78, 5) is 0. The van der Waals surface area contributed by atoms with Crippen LogP contribution >= 0.6 is 0 Å². The molecule has 4 heteroatoms. The second-order valence-electron chi connectivity index (χ2n) is 1.47. The molecule has 0 aromatic carbocycles. The average Bonchev–Trinajstić information content (AvgIpc) is 2.17. The molecule has 0 saturated carbocycles. The van der Waals surface area contributed by atoms with Crippen LogP contribution in [-0.2, 0) is 19.7 Å². The van der Waals surface area contributed by atoms with E-state index in [1.807, 2.05) is 0 Å².